The van der Waals surface area contributed by atoms with Crippen molar-refractivity contribution in [2.45, 2.75) is 32.6 Å². The fourth-order valence-corrected chi connectivity index (χ4v) is 2.30. The fraction of sp³-hybridized carbons (Fsp3) is 0.368. The molecule has 1 aromatic carbocycles. The number of aromatic nitrogens is 1. The van der Waals surface area contributed by atoms with Crippen molar-refractivity contribution < 1.29 is 4.79 Å². The number of carbonyl (C=O) groups is 1. The van der Waals surface area contributed by atoms with Crippen LogP contribution in [0, 0.1) is 0 Å². The highest BCUT2D eigenvalue weighted by atomic mass is 16.1. The Morgan fingerprint density at radius 2 is 1.87 bits per heavy atom. The molecule has 0 saturated carbocycles. The highest BCUT2D eigenvalue weighted by Crippen LogP contribution is 2.07. The van der Waals surface area contributed by atoms with Gasteiger partial charge in [0.15, 0.2) is 0 Å². The molecule has 23 heavy (non-hydrogen) atoms. The zero-order valence-corrected chi connectivity index (χ0v) is 13.7. The van der Waals surface area contributed by atoms with E-state index in [4.69, 9.17) is 0 Å². The number of nitrogens with zero attached hydrogens (tertiary/aromatic N) is 1. The van der Waals surface area contributed by atoms with Crippen LogP contribution in [0.2, 0.25) is 0 Å². The lowest BCUT2D eigenvalue weighted by atomic mass is 10.1. The van der Waals surface area contributed by atoms with E-state index in [0.29, 0.717) is 12.2 Å². The number of pyridine rings is 1. The minimum Gasteiger partial charge on any atom is -0.383 e. The van der Waals surface area contributed by atoms with Gasteiger partial charge in [-0.2, -0.15) is 0 Å². The highest BCUT2D eigenvalue weighted by molar-refractivity contribution is 5.92. The molecule has 0 fully saturated rings. The van der Waals surface area contributed by atoms with Gasteiger partial charge in [-0.25, -0.2) is 4.98 Å². The van der Waals surface area contributed by atoms with Crippen LogP contribution in [-0.4, -0.2) is 24.0 Å². The van der Waals surface area contributed by atoms with Crippen molar-refractivity contribution in [3.63, 3.8) is 0 Å². The highest BCUT2D eigenvalue weighted by Gasteiger charge is 2.05. The summed E-state index contributed by atoms with van der Waals surface area (Å²) in [6.07, 6.45) is 5.98. The van der Waals surface area contributed by atoms with Gasteiger partial charge < -0.3 is 10.6 Å². The van der Waals surface area contributed by atoms with Crippen molar-refractivity contribution in [1.82, 2.24) is 10.3 Å². The number of rotatable bonds is 9. The molecule has 4 nitrogen and oxygen atoms in total. The van der Waals surface area contributed by atoms with Crippen LogP contribution in [-0.2, 0) is 6.42 Å². The Balaban J connectivity index is 1.74. The molecule has 2 rings (SSSR count). The monoisotopic (exact) mass is 311 g/mol. The van der Waals surface area contributed by atoms with E-state index in [1.807, 2.05) is 24.3 Å². The van der Waals surface area contributed by atoms with Crippen molar-refractivity contribution in [3.8, 4) is 0 Å². The van der Waals surface area contributed by atoms with Crippen molar-refractivity contribution in [1.29, 1.82) is 0 Å². The Hall–Kier alpha value is -2.36. The SMILES string of the molecule is CCCCCNC(=O)c1ccc(NCCc2ccccc2)cn1. The molecular formula is C19H25N3O. The van der Waals surface area contributed by atoms with Crippen LogP contribution in [0.25, 0.3) is 0 Å². The van der Waals surface area contributed by atoms with Crippen LogP contribution >= 0.6 is 0 Å². The maximum absolute atomic E-state index is 11.9. The number of nitrogens with one attached hydrogen (secondary N) is 2. The van der Waals surface area contributed by atoms with E-state index in [1.165, 1.54) is 5.56 Å². The first-order valence-electron chi connectivity index (χ1n) is 8.31. The number of anilines is 1. The number of hydrogen-bond acceptors (Lipinski definition) is 3. The first-order valence-corrected chi connectivity index (χ1v) is 8.31. The summed E-state index contributed by atoms with van der Waals surface area (Å²) in [6, 6.07) is 14.0. The third-order valence-electron chi connectivity index (χ3n) is 3.65. The predicted molar refractivity (Wildman–Crippen MR) is 94.7 cm³/mol. The predicted octanol–water partition coefficient (Wildman–Crippen LogP) is 3.66. The number of carbonyl (C=O) groups excluding carboxylic acids is 1. The molecule has 2 aromatic rings. The van der Waals surface area contributed by atoms with E-state index in [0.717, 1.165) is 37.9 Å². The molecule has 0 atom stereocenters. The summed E-state index contributed by atoms with van der Waals surface area (Å²) < 4.78 is 0. The minimum absolute atomic E-state index is 0.100. The Kier molecular flexibility index (Phi) is 7.11. The van der Waals surface area contributed by atoms with Gasteiger partial charge in [0.2, 0.25) is 0 Å². The molecule has 0 saturated heterocycles. The van der Waals surface area contributed by atoms with Gasteiger partial charge in [0, 0.05) is 13.1 Å². The van der Waals surface area contributed by atoms with Crippen LogP contribution in [0.1, 0.15) is 42.2 Å². The molecule has 2 N–H and O–H groups in total. The van der Waals surface area contributed by atoms with Gasteiger partial charge in [-0.15, -0.1) is 0 Å². The second kappa shape index (κ2) is 9.62. The van der Waals surface area contributed by atoms with E-state index >= 15 is 0 Å². The van der Waals surface area contributed by atoms with Gasteiger partial charge in [-0.3, -0.25) is 4.79 Å². The van der Waals surface area contributed by atoms with E-state index < -0.39 is 0 Å². The van der Waals surface area contributed by atoms with Crippen molar-refractivity contribution in [2.24, 2.45) is 0 Å². The molecule has 0 aliphatic carbocycles. The summed E-state index contributed by atoms with van der Waals surface area (Å²) in [7, 11) is 0. The largest absolute Gasteiger partial charge is 0.383 e. The molecule has 4 heteroatoms. The average molecular weight is 311 g/mol. The van der Waals surface area contributed by atoms with Crippen LogP contribution < -0.4 is 10.6 Å². The molecule has 0 radical (unpaired) electrons. The summed E-state index contributed by atoms with van der Waals surface area (Å²) in [5.74, 6) is -0.100. The molecule has 0 spiro atoms. The second-order valence-corrected chi connectivity index (χ2v) is 5.56. The molecular weight excluding hydrogens is 286 g/mol. The average Bonchev–Trinajstić information content (AvgIpc) is 2.60. The topological polar surface area (TPSA) is 54.0 Å². The molecule has 122 valence electrons. The maximum atomic E-state index is 11.9. The Morgan fingerprint density at radius 1 is 1.04 bits per heavy atom. The summed E-state index contributed by atoms with van der Waals surface area (Å²) in [4.78, 5) is 16.2. The zero-order valence-electron chi connectivity index (χ0n) is 13.7. The van der Waals surface area contributed by atoms with Crippen molar-refractivity contribution >= 4 is 11.6 Å². The first kappa shape index (κ1) is 17.0. The Labute approximate surface area is 138 Å². The molecule has 0 bridgehead atoms. The Morgan fingerprint density at radius 3 is 2.57 bits per heavy atom. The van der Waals surface area contributed by atoms with Gasteiger partial charge >= 0.3 is 0 Å². The van der Waals surface area contributed by atoms with Crippen molar-refractivity contribution in [2.75, 3.05) is 18.4 Å². The summed E-state index contributed by atoms with van der Waals surface area (Å²) in [5.41, 5.74) is 2.70. The molecule has 0 aliphatic heterocycles. The molecule has 0 unspecified atom stereocenters. The van der Waals surface area contributed by atoms with Crippen LogP contribution in [0.3, 0.4) is 0 Å². The molecule has 1 heterocycles. The smallest absolute Gasteiger partial charge is 0.269 e. The first-order chi connectivity index (χ1) is 11.3. The van der Waals surface area contributed by atoms with Crippen LogP contribution in [0.5, 0.6) is 0 Å². The summed E-state index contributed by atoms with van der Waals surface area (Å²) in [6.45, 7) is 3.70. The Bertz CT molecular complexity index is 581. The van der Waals surface area contributed by atoms with Gasteiger partial charge in [-0.1, -0.05) is 50.1 Å². The van der Waals surface area contributed by atoms with Gasteiger partial charge in [-0.05, 0) is 30.5 Å². The number of benzene rings is 1. The third-order valence-corrected chi connectivity index (χ3v) is 3.65. The van der Waals surface area contributed by atoms with Crippen LogP contribution in [0.15, 0.2) is 48.7 Å². The minimum atomic E-state index is -0.100. The third kappa shape index (κ3) is 6.10. The molecule has 0 aliphatic rings. The second-order valence-electron chi connectivity index (χ2n) is 5.56. The number of amides is 1. The summed E-state index contributed by atoms with van der Waals surface area (Å²) >= 11 is 0. The number of unbranched alkanes of at least 4 members (excludes halogenated alkanes) is 2. The van der Waals surface area contributed by atoms with E-state index in [9.17, 15) is 4.79 Å². The van der Waals surface area contributed by atoms with Gasteiger partial charge in [0.1, 0.15) is 5.69 Å². The summed E-state index contributed by atoms with van der Waals surface area (Å²) in [5, 5.41) is 6.22. The van der Waals surface area contributed by atoms with E-state index in [2.05, 4.69) is 34.7 Å². The molecule has 1 amide bonds. The van der Waals surface area contributed by atoms with Gasteiger partial charge in [0.05, 0.1) is 11.9 Å². The maximum Gasteiger partial charge on any atom is 0.269 e. The lowest BCUT2D eigenvalue weighted by molar-refractivity contribution is 0.0948. The lowest BCUT2D eigenvalue weighted by Crippen LogP contribution is -2.25. The zero-order chi connectivity index (χ0) is 16.3. The van der Waals surface area contributed by atoms with Crippen molar-refractivity contribution in [3.05, 3.63) is 59.9 Å². The van der Waals surface area contributed by atoms with Crippen LogP contribution in [0.4, 0.5) is 5.69 Å². The normalized spacial score (nSPS) is 10.3. The number of hydrogen-bond donors (Lipinski definition) is 2. The quantitative estimate of drug-likeness (QED) is 0.695. The van der Waals surface area contributed by atoms with Gasteiger partial charge in [0.25, 0.3) is 5.91 Å². The fourth-order valence-electron chi connectivity index (χ4n) is 2.30. The lowest BCUT2D eigenvalue weighted by Gasteiger charge is -2.08. The molecule has 1 aromatic heterocycles. The van der Waals surface area contributed by atoms with E-state index in [-0.39, 0.29) is 5.91 Å². The standard InChI is InChI=1S/C19H25N3O/c1-2-3-7-13-21-19(23)18-11-10-17(15-22-18)20-14-12-16-8-5-4-6-9-16/h4-6,8-11,15,20H,2-3,7,12-14H2,1H3,(H,21,23). The van der Waals surface area contributed by atoms with E-state index in [1.54, 1.807) is 12.3 Å².